The number of rotatable bonds is 3. The van der Waals surface area contributed by atoms with Crippen LogP contribution in [0, 0.1) is 5.92 Å². The first-order valence-corrected chi connectivity index (χ1v) is 8.01. The first kappa shape index (κ1) is 13.9. The first-order chi connectivity index (χ1) is 9.59. The molecule has 20 heavy (non-hydrogen) atoms. The van der Waals surface area contributed by atoms with E-state index in [0.717, 1.165) is 38.5 Å². The van der Waals surface area contributed by atoms with Crippen LogP contribution in [0.2, 0.25) is 5.15 Å². The maximum absolute atomic E-state index is 12.7. The minimum Gasteiger partial charge on any atom is -0.297 e. The number of nitrogens with zero attached hydrogens (tertiary/aromatic N) is 1. The van der Waals surface area contributed by atoms with Gasteiger partial charge in [0.1, 0.15) is 5.15 Å². The van der Waals surface area contributed by atoms with Gasteiger partial charge in [-0.05, 0) is 44.4 Å². The van der Waals surface area contributed by atoms with Crippen LogP contribution in [0.15, 0.2) is 9.59 Å². The van der Waals surface area contributed by atoms with E-state index >= 15 is 0 Å². The van der Waals surface area contributed by atoms with Crippen molar-refractivity contribution >= 4 is 11.6 Å². The van der Waals surface area contributed by atoms with Crippen LogP contribution in [0.1, 0.15) is 69.4 Å². The van der Waals surface area contributed by atoms with Crippen molar-refractivity contribution in [3.05, 3.63) is 31.6 Å². The van der Waals surface area contributed by atoms with E-state index in [1.165, 1.54) is 11.0 Å². The average Bonchev–Trinajstić information content (AvgIpc) is 2.79. The molecule has 110 valence electrons. The molecule has 1 heterocycles. The van der Waals surface area contributed by atoms with Gasteiger partial charge in [-0.15, -0.1) is 0 Å². The lowest BCUT2D eigenvalue weighted by Gasteiger charge is -2.32. The van der Waals surface area contributed by atoms with Gasteiger partial charge in [0, 0.05) is 6.04 Å². The van der Waals surface area contributed by atoms with Crippen molar-refractivity contribution < 1.29 is 0 Å². The molecule has 2 fully saturated rings. The fourth-order valence-electron chi connectivity index (χ4n) is 3.61. The predicted molar refractivity (Wildman–Crippen MR) is 79.6 cm³/mol. The Labute approximate surface area is 123 Å². The van der Waals surface area contributed by atoms with Crippen molar-refractivity contribution in [2.24, 2.45) is 5.92 Å². The molecule has 2 aliphatic carbocycles. The van der Waals surface area contributed by atoms with E-state index in [1.54, 1.807) is 0 Å². The Bertz CT molecular complexity index is 609. The van der Waals surface area contributed by atoms with E-state index < -0.39 is 0 Å². The van der Waals surface area contributed by atoms with Gasteiger partial charge in [0.05, 0.1) is 5.56 Å². The zero-order valence-corrected chi connectivity index (χ0v) is 12.6. The highest BCUT2D eigenvalue weighted by Crippen LogP contribution is 2.37. The second-order valence-corrected chi connectivity index (χ2v) is 6.62. The number of aromatic nitrogens is 2. The normalized spacial score (nSPS) is 21.9. The summed E-state index contributed by atoms with van der Waals surface area (Å²) in [6.45, 7) is 1.98. The zero-order chi connectivity index (χ0) is 14.3. The highest BCUT2D eigenvalue weighted by atomic mass is 35.5. The Morgan fingerprint density at radius 1 is 1.15 bits per heavy atom. The molecule has 2 saturated carbocycles. The Morgan fingerprint density at radius 3 is 2.35 bits per heavy atom. The van der Waals surface area contributed by atoms with Gasteiger partial charge in [-0.2, -0.15) is 0 Å². The summed E-state index contributed by atoms with van der Waals surface area (Å²) in [6, 6.07) is -0.0302. The third-order valence-electron chi connectivity index (χ3n) is 5.12. The molecule has 0 saturated heterocycles. The average molecular weight is 297 g/mol. The van der Waals surface area contributed by atoms with Gasteiger partial charge in [0.25, 0.3) is 5.56 Å². The van der Waals surface area contributed by atoms with Crippen LogP contribution in [-0.4, -0.2) is 9.55 Å². The summed E-state index contributed by atoms with van der Waals surface area (Å²) >= 11 is 6.15. The zero-order valence-electron chi connectivity index (χ0n) is 11.8. The lowest BCUT2D eigenvalue weighted by Crippen LogP contribution is -2.43. The largest absolute Gasteiger partial charge is 0.329 e. The molecule has 0 spiro atoms. The van der Waals surface area contributed by atoms with Crippen molar-refractivity contribution in [1.29, 1.82) is 0 Å². The minimum absolute atomic E-state index is 0.0302. The van der Waals surface area contributed by atoms with Crippen LogP contribution in [0.5, 0.6) is 0 Å². The first-order valence-electron chi connectivity index (χ1n) is 7.63. The summed E-state index contributed by atoms with van der Waals surface area (Å²) in [6.07, 6.45) is 7.68. The summed E-state index contributed by atoms with van der Waals surface area (Å²) in [5.74, 6) is 0.665. The van der Waals surface area contributed by atoms with E-state index in [4.69, 9.17) is 11.6 Å². The van der Waals surface area contributed by atoms with Gasteiger partial charge < -0.3 is 0 Å². The molecule has 0 radical (unpaired) electrons. The van der Waals surface area contributed by atoms with Crippen LogP contribution in [0.4, 0.5) is 0 Å². The van der Waals surface area contributed by atoms with Crippen LogP contribution < -0.4 is 11.2 Å². The maximum Gasteiger partial charge on any atom is 0.329 e. The van der Waals surface area contributed by atoms with Gasteiger partial charge in [0.15, 0.2) is 0 Å². The van der Waals surface area contributed by atoms with Crippen molar-refractivity contribution in [1.82, 2.24) is 9.55 Å². The van der Waals surface area contributed by atoms with E-state index in [0.29, 0.717) is 11.5 Å². The van der Waals surface area contributed by atoms with Crippen molar-refractivity contribution in [2.75, 3.05) is 0 Å². The Hall–Kier alpha value is -1.03. The third kappa shape index (κ3) is 2.24. The van der Waals surface area contributed by atoms with Crippen molar-refractivity contribution in [2.45, 2.75) is 63.8 Å². The van der Waals surface area contributed by atoms with Gasteiger partial charge >= 0.3 is 5.69 Å². The standard InChI is InChI=1S/C15H21ClN2O2/c1-9(10-7-4-8-10)18-14(19)12(11-5-2-3-6-11)13(16)17-15(18)20/h9-11H,2-8H2,1H3,(H,17,20). The number of hydrogen-bond donors (Lipinski definition) is 1. The van der Waals surface area contributed by atoms with Crippen molar-refractivity contribution in [3.8, 4) is 0 Å². The number of nitrogens with one attached hydrogen (secondary N) is 1. The maximum atomic E-state index is 12.7. The highest BCUT2D eigenvalue weighted by molar-refractivity contribution is 6.30. The second-order valence-electron chi connectivity index (χ2n) is 6.25. The smallest absolute Gasteiger partial charge is 0.297 e. The molecule has 0 bridgehead atoms. The molecular weight excluding hydrogens is 276 g/mol. The Balaban J connectivity index is 2.07. The van der Waals surface area contributed by atoms with Crippen molar-refractivity contribution in [3.63, 3.8) is 0 Å². The summed E-state index contributed by atoms with van der Waals surface area (Å²) in [7, 11) is 0. The quantitative estimate of drug-likeness (QED) is 0.871. The van der Waals surface area contributed by atoms with Crippen LogP contribution >= 0.6 is 11.6 Å². The van der Waals surface area contributed by atoms with Crippen LogP contribution in [0.25, 0.3) is 0 Å². The summed E-state index contributed by atoms with van der Waals surface area (Å²) in [5, 5.41) is 0.254. The molecule has 1 N–H and O–H groups in total. The second kappa shape index (κ2) is 5.40. The molecule has 1 aromatic heterocycles. The van der Waals surface area contributed by atoms with E-state index in [-0.39, 0.29) is 28.4 Å². The number of H-pyrrole nitrogens is 1. The monoisotopic (exact) mass is 296 g/mol. The molecule has 1 aromatic rings. The number of aromatic amines is 1. The molecule has 0 aliphatic heterocycles. The molecular formula is C15H21ClN2O2. The summed E-state index contributed by atoms with van der Waals surface area (Å²) < 4.78 is 1.41. The van der Waals surface area contributed by atoms with E-state index in [1.807, 2.05) is 6.92 Å². The fraction of sp³-hybridized carbons (Fsp3) is 0.733. The fourth-order valence-corrected chi connectivity index (χ4v) is 3.92. The molecule has 1 atom stereocenters. The summed E-state index contributed by atoms with van der Waals surface area (Å²) in [4.78, 5) is 27.6. The Morgan fingerprint density at radius 2 is 1.80 bits per heavy atom. The third-order valence-corrected chi connectivity index (χ3v) is 5.42. The van der Waals surface area contributed by atoms with E-state index in [2.05, 4.69) is 4.98 Å². The number of hydrogen-bond acceptors (Lipinski definition) is 2. The predicted octanol–water partition coefficient (Wildman–Crippen LogP) is 3.21. The van der Waals surface area contributed by atoms with E-state index in [9.17, 15) is 9.59 Å². The Kier molecular flexibility index (Phi) is 3.76. The molecule has 5 heteroatoms. The molecule has 3 rings (SSSR count). The van der Waals surface area contributed by atoms with Gasteiger partial charge in [0.2, 0.25) is 0 Å². The topological polar surface area (TPSA) is 54.9 Å². The number of halogens is 1. The molecule has 2 aliphatic rings. The van der Waals surface area contributed by atoms with Gasteiger partial charge in [-0.1, -0.05) is 30.9 Å². The minimum atomic E-state index is -0.360. The molecule has 0 amide bonds. The van der Waals surface area contributed by atoms with Crippen LogP contribution in [0.3, 0.4) is 0 Å². The van der Waals surface area contributed by atoms with Crippen LogP contribution in [-0.2, 0) is 0 Å². The SMILES string of the molecule is CC(C1CCC1)n1c(=O)[nH]c(Cl)c(C2CCCC2)c1=O. The summed E-state index contributed by atoms with van der Waals surface area (Å²) in [5.41, 5.74) is 0.112. The molecule has 4 nitrogen and oxygen atoms in total. The highest BCUT2D eigenvalue weighted by Gasteiger charge is 2.30. The van der Waals surface area contributed by atoms with Gasteiger partial charge in [-0.3, -0.25) is 14.3 Å². The molecule has 1 unspecified atom stereocenters. The lowest BCUT2D eigenvalue weighted by molar-refractivity contribution is 0.213. The van der Waals surface area contributed by atoms with Gasteiger partial charge in [-0.25, -0.2) is 4.79 Å². The lowest BCUT2D eigenvalue weighted by atomic mass is 9.80. The molecule has 0 aromatic carbocycles.